The van der Waals surface area contributed by atoms with Crippen LogP contribution in [0.5, 0.6) is 0 Å². The van der Waals surface area contributed by atoms with Gasteiger partial charge in [0.05, 0.1) is 6.07 Å². The molecule has 0 aliphatic carbocycles. The molecule has 1 aromatic carbocycles. The summed E-state index contributed by atoms with van der Waals surface area (Å²) in [4.78, 5) is 29.0. The monoisotopic (exact) mass is 497 g/mol. The van der Waals surface area contributed by atoms with Gasteiger partial charge in [-0.15, -0.1) is 11.8 Å². The van der Waals surface area contributed by atoms with Gasteiger partial charge in [-0.05, 0) is 57.0 Å². The van der Waals surface area contributed by atoms with Crippen molar-refractivity contribution in [1.82, 2.24) is 15.1 Å². The third-order valence-corrected chi connectivity index (χ3v) is 7.52. The van der Waals surface area contributed by atoms with Crippen molar-refractivity contribution in [3.05, 3.63) is 29.8 Å². The number of rotatable bonds is 10. The Morgan fingerprint density at radius 1 is 1.32 bits per heavy atom. The number of amides is 2. The third kappa shape index (κ3) is 7.03. The molecule has 0 aromatic heterocycles. The van der Waals surface area contributed by atoms with Crippen molar-refractivity contribution in [2.75, 3.05) is 44.6 Å². The summed E-state index contributed by atoms with van der Waals surface area (Å²) < 4.78 is 37.4. The first-order valence-corrected chi connectivity index (χ1v) is 12.4. The number of halogens is 3. The summed E-state index contributed by atoms with van der Waals surface area (Å²) >= 11 is 1.14. The van der Waals surface area contributed by atoms with Crippen LogP contribution in [0.4, 0.5) is 18.9 Å². The highest BCUT2D eigenvalue weighted by atomic mass is 32.2. The van der Waals surface area contributed by atoms with Crippen LogP contribution in [0.1, 0.15) is 25.3 Å². The van der Waals surface area contributed by atoms with E-state index < -0.39 is 35.2 Å². The van der Waals surface area contributed by atoms with Crippen molar-refractivity contribution in [2.45, 2.75) is 43.0 Å². The molecule has 2 heterocycles. The molecule has 0 spiro atoms. The van der Waals surface area contributed by atoms with E-state index in [1.54, 1.807) is 18.3 Å². The first kappa shape index (κ1) is 26.2. The fourth-order valence-corrected chi connectivity index (χ4v) is 5.74. The maximum Gasteiger partial charge on any atom is 0.405 e. The topological polar surface area (TPSA) is 88.5 Å². The molecule has 2 N–H and O–H groups in total. The number of alkyl halides is 3. The molecule has 2 aliphatic rings. The van der Waals surface area contributed by atoms with Gasteiger partial charge in [-0.3, -0.25) is 9.59 Å². The van der Waals surface area contributed by atoms with Crippen LogP contribution in [0.2, 0.25) is 0 Å². The van der Waals surface area contributed by atoms with E-state index in [1.807, 2.05) is 12.1 Å². The van der Waals surface area contributed by atoms with Crippen molar-refractivity contribution < 1.29 is 22.8 Å². The van der Waals surface area contributed by atoms with Gasteiger partial charge >= 0.3 is 6.18 Å². The van der Waals surface area contributed by atoms with E-state index in [0.717, 1.165) is 43.5 Å². The van der Waals surface area contributed by atoms with E-state index >= 15 is 0 Å². The maximum absolute atomic E-state index is 12.9. The Bertz CT molecular complexity index is 901. The summed E-state index contributed by atoms with van der Waals surface area (Å²) in [6.45, 7) is 4.04. The zero-order valence-electron chi connectivity index (χ0n) is 19.1. The van der Waals surface area contributed by atoms with Gasteiger partial charge in [0.1, 0.15) is 17.2 Å². The zero-order valence-corrected chi connectivity index (χ0v) is 19.9. The lowest BCUT2D eigenvalue weighted by Gasteiger charge is -2.25. The molecule has 2 aliphatic heterocycles. The van der Waals surface area contributed by atoms with Gasteiger partial charge in [0.2, 0.25) is 11.8 Å². The molecule has 7 nitrogen and oxygen atoms in total. The number of hydrogen-bond acceptors (Lipinski definition) is 6. The SMILES string of the molecule is CCN1C(=O)C(CNc2cccc(CCN3CCCC3)c2)SC1C(C#N)C(=O)NCC(F)(F)F. The Kier molecular flexibility index (Phi) is 9.08. The quantitative estimate of drug-likeness (QED) is 0.517. The third-order valence-electron chi connectivity index (χ3n) is 6.01. The fraction of sp³-hybridized carbons (Fsp3) is 0.609. The Morgan fingerprint density at radius 2 is 2.06 bits per heavy atom. The number of anilines is 1. The number of benzene rings is 1. The van der Waals surface area contributed by atoms with Crippen molar-refractivity contribution in [1.29, 1.82) is 5.26 Å². The van der Waals surface area contributed by atoms with E-state index in [4.69, 9.17) is 0 Å². The first-order chi connectivity index (χ1) is 16.2. The zero-order chi connectivity index (χ0) is 24.7. The summed E-state index contributed by atoms with van der Waals surface area (Å²) in [5.41, 5.74) is 2.07. The van der Waals surface area contributed by atoms with Crippen LogP contribution in [0.25, 0.3) is 0 Å². The molecule has 3 rings (SSSR count). The second kappa shape index (κ2) is 11.8. The van der Waals surface area contributed by atoms with Gasteiger partial charge in [-0.25, -0.2) is 0 Å². The number of thioether (sulfide) groups is 1. The molecule has 3 atom stereocenters. The van der Waals surface area contributed by atoms with Gasteiger partial charge in [-0.1, -0.05) is 12.1 Å². The molecule has 2 saturated heterocycles. The van der Waals surface area contributed by atoms with Gasteiger partial charge < -0.3 is 20.4 Å². The van der Waals surface area contributed by atoms with E-state index in [0.29, 0.717) is 0 Å². The van der Waals surface area contributed by atoms with E-state index in [2.05, 4.69) is 22.3 Å². The van der Waals surface area contributed by atoms with Crippen molar-refractivity contribution in [2.24, 2.45) is 5.92 Å². The molecule has 2 fully saturated rings. The molecular formula is C23H30F3N5O2S. The fourth-order valence-electron chi connectivity index (χ4n) is 4.23. The minimum Gasteiger partial charge on any atom is -0.383 e. The highest BCUT2D eigenvalue weighted by molar-refractivity contribution is 8.01. The van der Waals surface area contributed by atoms with E-state index in [-0.39, 0.29) is 19.0 Å². The number of likely N-dealkylation sites (tertiary alicyclic amines) is 1. The summed E-state index contributed by atoms with van der Waals surface area (Å²) in [5.74, 6) is -2.66. The van der Waals surface area contributed by atoms with Gasteiger partial charge in [0.25, 0.3) is 0 Å². The van der Waals surface area contributed by atoms with Crippen LogP contribution in [0, 0.1) is 17.2 Å². The molecule has 0 bridgehead atoms. The molecule has 3 unspecified atom stereocenters. The smallest absolute Gasteiger partial charge is 0.383 e. The highest BCUT2D eigenvalue weighted by Crippen LogP contribution is 2.36. The van der Waals surface area contributed by atoms with Crippen LogP contribution < -0.4 is 10.6 Å². The molecule has 2 amide bonds. The Morgan fingerprint density at radius 3 is 2.71 bits per heavy atom. The van der Waals surface area contributed by atoms with E-state index in [9.17, 15) is 28.0 Å². The lowest BCUT2D eigenvalue weighted by atomic mass is 10.1. The summed E-state index contributed by atoms with van der Waals surface area (Å²) in [7, 11) is 0. The average Bonchev–Trinajstić information content (AvgIpc) is 3.43. The van der Waals surface area contributed by atoms with Crippen LogP contribution in [0.3, 0.4) is 0 Å². The van der Waals surface area contributed by atoms with Crippen LogP contribution in [-0.2, 0) is 16.0 Å². The van der Waals surface area contributed by atoms with E-state index in [1.165, 1.54) is 23.3 Å². The number of nitrogens with zero attached hydrogens (tertiary/aromatic N) is 3. The van der Waals surface area contributed by atoms with Crippen molar-refractivity contribution in [3.8, 4) is 6.07 Å². The second-order valence-electron chi connectivity index (χ2n) is 8.46. The summed E-state index contributed by atoms with van der Waals surface area (Å²) in [5, 5.41) is 13.1. The normalized spacial score (nSPS) is 22.0. The minimum absolute atomic E-state index is 0.237. The number of hydrogen-bond donors (Lipinski definition) is 2. The lowest BCUT2D eigenvalue weighted by molar-refractivity contribution is -0.141. The summed E-state index contributed by atoms with van der Waals surface area (Å²) in [6.07, 6.45) is -1.13. The molecule has 186 valence electrons. The minimum atomic E-state index is -4.58. The Labute approximate surface area is 202 Å². The molecule has 34 heavy (non-hydrogen) atoms. The van der Waals surface area contributed by atoms with Crippen molar-refractivity contribution in [3.63, 3.8) is 0 Å². The number of nitriles is 1. The first-order valence-electron chi connectivity index (χ1n) is 11.5. The molecule has 11 heteroatoms. The Balaban J connectivity index is 1.58. The average molecular weight is 498 g/mol. The van der Waals surface area contributed by atoms with Crippen LogP contribution >= 0.6 is 11.8 Å². The number of carbonyl (C=O) groups excluding carboxylic acids is 2. The highest BCUT2D eigenvalue weighted by Gasteiger charge is 2.46. The number of nitrogens with one attached hydrogen (secondary N) is 2. The van der Waals surface area contributed by atoms with Gasteiger partial charge in [0, 0.05) is 25.3 Å². The second-order valence-corrected chi connectivity index (χ2v) is 9.78. The standard InChI is InChI=1S/C23H30F3N5O2S/c1-2-31-21(33)19(34-22(31)18(13-27)20(32)29-15-23(24,25)26)14-28-17-7-5-6-16(12-17)8-11-30-9-3-4-10-30/h5-7,12,18-19,22,28H,2-4,8-11,14-15H2,1H3,(H,29,32). The molecular weight excluding hydrogens is 467 g/mol. The van der Waals surface area contributed by atoms with Crippen molar-refractivity contribution >= 4 is 29.3 Å². The number of carbonyl (C=O) groups is 2. The molecule has 0 saturated carbocycles. The molecule has 0 radical (unpaired) electrons. The predicted octanol–water partition coefficient (Wildman–Crippen LogP) is 2.85. The van der Waals surface area contributed by atoms with Gasteiger partial charge in [0.15, 0.2) is 5.92 Å². The maximum atomic E-state index is 12.9. The lowest BCUT2D eigenvalue weighted by Crippen LogP contribution is -2.45. The largest absolute Gasteiger partial charge is 0.405 e. The predicted molar refractivity (Wildman–Crippen MR) is 125 cm³/mol. The van der Waals surface area contributed by atoms with Gasteiger partial charge in [-0.2, -0.15) is 18.4 Å². The Hall–Kier alpha value is -2.45. The summed E-state index contributed by atoms with van der Waals surface area (Å²) in [6, 6.07) is 9.79. The van der Waals surface area contributed by atoms with Crippen LogP contribution in [-0.4, -0.2) is 77.7 Å². The van der Waals surface area contributed by atoms with Crippen LogP contribution in [0.15, 0.2) is 24.3 Å². The molecule has 1 aromatic rings.